The Hall–Kier alpha value is -1.68. The maximum absolute atomic E-state index is 14.2. The van der Waals surface area contributed by atoms with Gasteiger partial charge in [-0.3, -0.25) is 4.79 Å². The summed E-state index contributed by atoms with van der Waals surface area (Å²) in [6.07, 6.45) is 9.64. The number of hydrogen-bond acceptors (Lipinski definition) is 3. The van der Waals surface area contributed by atoms with Gasteiger partial charge < -0.3 is 9.80 Å². The van der Waals surface area contributed by atoms with Gasteiger partial charge in [0.2, 0.25) is 0 Å². The molecule has 1 saturated carbocycles. The normalized spacial score (nSPS) is 31.6. The molecule has 0 unspecified atom stereocenters. The quantitative estimate of drug-likeness (QED) is 0.629. The summed E-state index contributed by atoms with van der Waals surface area (Å²) < 4.78 is 14.2. The van der Waals surface area contributed by atoms with Crippen molar-refractivity contribution in [3.05, 3.63) is 41.7 Å². The molecule has 4 atom stereocenters. The highest BCUT2D eigenvalue weighted by Gasteiger charge is 2.46. The summed E-state index contributed by atoms with van der Waals surface area (Å²) in [4.78, 5) is 16.9. The van der Waals surface area contributed by atoms with Gasteiger partial charge in [0.25, 0.3) is 0 Å². The van der Waals surface area contributed by atoms with Gasteiger partial charge in [0.05, 0.1) is 0 Å². The predicted molar refractivity (Wildman–Crippen MR) is 119 cm³/mol. The largest absolute Gasteiger partial charge is 0.370 e. The molecule has 0 radical (unpaired) electrons. The van der Waals surface area contributed by atoms with Crippen molar-refractivity contribution >= 4 is 11.5 Å². The van der Waals surface area contributed by atoms with Crippen molar-refractivity contribution in [3.63, 3.8) is 0 Å². The van der Waals surface area contributed by atoms with Crippen LogP contribution < -0.4 is 4.90 Å². The van der Waals surface area contributed by atoms with E-state index < -0.39 is 0 Å². The monoisotopic (exact) mass is 410 g/mol. The average molecular weight is 411 g/mol. The summed E-state index contributed by atoms with van der Waals surface area (Å²) >= 11 is 0. The third-order valence-electron chi connectivity index (χ3n) is 8.71. The predicted octanol–water partition coefficient (Wildman–Crippen LogP) is 4.81. The molecular formula is C26H35FN2O. The summed E-state index contributed by atoms with van der Waals surface area (Å²) in [7, 11) is 0. The lowest BCUT2D eigenvalue weighted by molar-refractivity contribution is -0.118. The highest BCUT2D eigenvalue weighted by Crippen LogP contribution is 2.50. The SMILES string of the molecule is CCC(=O)CCN1CC2(CCN(C[C@@H]3C[C@H]4C=C[C@H]3[C@H]4C)CC2)c2cc(F)ccc21. The van der Waals surface area contributed by atoms with Crippen molar-refractivity contribution in [2.75, 3.05) is 37.6 Å². The number of piperidine rings is 1. The van der Waals surface area contributed by atoms with Gasteiger partial charge in [0.15, 0.2) is 0 Å². The lowest BCUT2D eigenvalue weighted by Crippen LogP contribution is -2.47. The second-order valence-corrected chi connectivity index (χ2v) is 10.3. The Balaban J connectivity index is 1.27. The van der Waals surface area contributed by atoms with E-state index >= 15 is 0 Å². The highest BCUT2D eigenvalue weighted by atomic mass is 19.1. The van der Waals surface area contributed by atoms with Gasteiger partial charge in [-0.15, -0.1) is 0 Å². The standard InChI is InChI=1S/C26H35FN2O/c1-3-22(30)8-11-29-17-26(24-15-21(27)5-7-25(24)29)9-12-28(13-10-26)16-20-14-19-4-6-23(20)18(19)2/h4-7,15,18-20,23H,3,8-14,16-17H2,1-2H3/t18-,19+,20-,23-/m0/s1. The maximum atomic E-state index is 14.2. The number of nitrogens with zero attached hydrogens (tertiary/aromatic N) is 2. The number of carbonyl (C=O) groups excluding carboxylic acids is 1. The Morgan fingerprint density at radius 1 is 1.23 bits per heavy atom. The van der Waals surface area contributed by atoms with Crippen LogP contribution in [0.3, 0.4) is 0 Å². The number of allylic oxidation sites excluding steroid dienone is 2. The van der Waals surface area contributed by atoms with Gasteiger partial charge in [-0.25, -0.2) is 4.39 Å². The highest BCUT2D eigenvalue weighted by molar-refractivity contribution is 5.79. The molecule has 2 aliphatic carbocycles. The molecular weight excluding hydrogens is 375 g/mol. The van der Waals surface area contributed by atoms with Crippen LogP contribution >= 0.6 is 0 Å². The van der Waals surface area contributed by atoms with Crippen LogP contribution in [-0.2, 0) is 10.2 Å². The molecule has 162 valence electrons. The minimum absolute atomic E-state index is 0.0467. The zero-order chi connectivity index (χ0) is 20.9. The molecule has 2 aliphatic heterocycles. The van der Waals surface area contributed by atoms with Crippen LogP contribution in [0.4, 0.5) is 10.1 Å². The van der Waals surface area contributed by atoms with Crippen LogP contribution in [0.5, 0.6) is 0 Å². The third kappa shape index (κ3) is 3.41. The number of Topliss-reactive ketones (excluding diaryl/α,β-unsaturated/α-hetero) is 1. The minimum atomic E-state index is -0.134. The Morgan fingerprint density at radius 2 is 2.03 bits per heavy atom. The first kappa shape index (κ1) is 20.2. The van der Waals surface area contributed by atoms with Crippen LogP contribution in [0.15, 0.2) is 30.4 Å². The van der Waals surface area contributed by atoms with Gasteiger partial charge in [-0.2, -0.15) is 0 Å². The number of carbonyl (C=O) groups is 1. The van der Waals surface area contributed by atoms with E-state index in [1.54, 1.807) is 12.1 Å². The zero-order valence-electron chi connectivity index (χ0n) is 18.4. The second-order valence-electron chi connectivity index (χ2n) is 10.3. The van der Waals surface area contributed by atoms with E-state index in [2.05, 4.69) is 28.9 Å². The van der Waals surface area contributed by atoms with Crippen molar-refractivity contribution < 1.29 is 9.18 Å². The zero-order valence-corrected chi connectivity index (χ0v) is 18.4. The van der Waals surface area contributed by atoms with E-state index in [1.807, 2.05) is 13.0 Å². The summed E-state index contributed by atoms with van der Waals surface area (Å²) in [5.74, 6) is 3.40. The van der Waals surface area contributed by atoms with E-state index in [4.69, 9.17) is 0 Å². The molecule has 0 amide bonds. The first-order chi connectivity index (χ1) is 14.5. The van der Waals surface area contributed by atoms with Crippen molar-refractivity contribution in [1.29, 1.82) is 0 Å². The molecule has 2 heterocycles. The maximum Gasteiger partial charge on any atom is 0.134 e. The smallest absolute Gasteiger partial charge is 0.134 e. The van der Waals surface area contributed by atoms with Gasteiger partial charge >= 0.3 is 0 Å². The van der Waals surface area contributed by atoms with Gasteiger partial charge in [0.1, 0.15) is 11.6 Å². The summed E-state index contributed by atoms with van der Waals surface area (Å²) in [5, 5.41) is 0. The Labute approximate surface area is 180 Å². The second kappa shape index (κ2) is 7.78. The Morgan fingerprint density at radius 3 is 2.70 bits per heavy atom. The van der Waals surface area contributed by atoms with Gasteiger partial charge in [-0.05, 0) is 79.8 Å². The Kier molecular flexibility index (Phi) is 5.25. The number of anilines is 1. The van der Waals surface area contributed by atoms with Crippen LogP contribution in [0, 0.1) is 29.5 Å². The van der Waals surface area contributed by atoms with Crippen LogP contribution in [0.2, 0.25) is 0 Å². The van der Waals surface area contributed by atoms with E-state index in [-0.39, 0.29) is 11.2 Å². The molecule has 1 saturated heterocycles. The molecule has 0 aromatic heterocycles. The first-order valence-corrected chi connectivity index (χ1v) is 12.0. The van der Waals surface area contributed by atoms with E-state index in [0.29, 0.717) is 18.6 Å². The number of ketones is 1. The topological polar surface area (TPSA) is 23.6 Å². The van der Waals surface area contributed by atoms with Gasteiger partial charge in [-0.1, -0.05) is 26.0 Å². The molecule has 4 aliphatic rings. The van der Waals surface area contributed by atoms with E-state index in [0.717, 1.165) is 68.4 Å². The van der Waals surface area contributed by atoms with E-state index in [9.17, 15) is 9.18 Å². The number of benzene rings is 1. The number of fused-ring (bicyclic) bond motifs is 4. The average Bonchev–Trinajstić information content (AvgIpc) is 3.36. The molecule has 0 N–H and O–H groups in total. The summed E-state index contributed by atoms with van der Waals surface area (Å²) in [6, 6.07) is 5.28. The number of hydrogen-bond donors (Lipinski definition) is 0. The molecule has 2 fully saturated rings. The van der Waals surface area contributed by atoms with Crippen molar-refractivity contribution in [2.24, 2.45) is 23.7 Å². The fraction of sp³-hybridized carbons (Fsp3) is 0.654. The number of halogens is 1. The van der Waals surface area contributed by atoms with Crippen LogP contribution in [-0.4, -0.2) is 43.4 Å². The molecule has 1 spiro atoms. The molecule has 3 nitrogen and oxygen atoms in total. The van der Waals surface area contributed by atoms with E-state index in [1.165, 1.54) is 18.5 Å². The minimum Gasteiger partial charge on any atom is -0.370 e. The number of likely N-dealkylation sites (tertiary alicyclic amines) is 1. The lowest BCUT2D eigenvalue weighted by atomic mass is 9.74. The Bertz CT molecular complexity index is 841. The van der Waals surface area contributed by atoms with Crippen molar-refractivity contribution in [2.45, 2.75) is 51.4 Å². The molecule has 2 bridgehead atoms. The van der Waals surface area contributed by atoms with Crippen molar-refractivity contribution in [3.8, 4) is 0 Å². The fourth-order valence-electron chi connectivity index (χ4n) is 6.79. The van der Waals surface area contributed by atoms with Gasteiger partial charge in [0, 0.05) is 43.6 Å². The molecule has 4 heteroatoms. The summed E-state index contributed by atoms with van der Waals surface area (Å²) in [6.45, 7) is 9.46. The molecule has 1 aromatic carbocycles. The fourth-order valence-corrected chi connectivity index (χ4v) is 6.79. The first-order valence-electron chi connectivity index (χ1n) is 12.0. The molecule has 30 heavy (non-hydrogen) atoms. The van der Waals surface area contributed by atoms with Crippen LogP contribution in [0.1, 0.15) is 51.5 Å². The summed E-state index contributed by atoms with van der Waals surface area (Å²) in [5.41, 5.74) is 2.38. The number of rotatable bonds is 6. The third-order valence-corrected chi connectivity index (χ3v) is 8.71. The lowest BCUT2D eigenvalue weighted by Gasteiger charge is -2.41. The van der Waals surface area contributed by atoms with Crippen LogP contribution in [0.25, 0.3) is 0 Å². The molecule has 5 rings (SSSR count). The van der Waals surface area contributed by atoms with Crippen molar-refractivity contribution in [1.82, 2.24) is 4.90 Å². The molecule has 1 aromatic rings.